The van der Waals surface area contributed by atoms with Gasteiger partial charge in [-0.15, -0.1) is 0 Å². The van der Waals surface area contributed by atoms with E-state index in [-0.39, 0.29) is 5.78 Å². The molecule has 106 valence electrons. The molecule has 0 fully saturated rings. The van der Waals surface area contributed by atoms with E-state index in [1.54, 1.807) is 18.3 Å². The summed E-state index contributed by atoms with van der Waals surface area (Å²) in [5.74, 6) is 0.694. The maximum absolute atomic E-state index is 12.5. The van der Waals surface area contributed by atoms with Crippen molar-refractivity contribution in [2.45, 2.75) is 13.8 Å². The van der Waals surface area contributed by atoms with Crippen LogP contribution < -0.4 is 4.74 Å². The maximum atomic E-state index is 12.5. The fourth-order valence-electron chi connectivity index (χ4n) is 2.21. The van der Waals surface area contributed by atoms with Gasteiger partial charge in [0.05, 0.1) is 12.8 Å². The lowest BCUT2D eigenvalue weighted by Gasteiger charge is -2.03. The highest BCUT2D eigenvalue weighted by atomic mass is 16.5. The highest BCUT2D eigenvalue weighted by Crippen LogP contribution is 2.23. The normalized spacial score (nSPS) is 10.8. The van der Waals surface area contributed by atoms with E-state index in [4.69, 9.17) is 9.15 Å². The quantitative estimate of drug-likeness (QED) is 0.683. The number of fused-ring (bicyclic) bond motifs is 1. The molecule has 0 atom stereocenters. The second-order valence-corrected chi connectivity index (χ2v) is 4.82. The number of hydrogen-bond donors (Lipinski definition) is 0. The highest BCUT2D eigenvalue weighted by molar-refractivity contribution is 6.09. The fourth-order valence-corrected chi connectivity index (χ4v) is 2.21. The van der Waals surface area contributed by atoms with E-state index in [0.717, 1.165) is 10.9 Å². The van der Waals surface area contributed by atoms with E-state index in [9.17, 15) is 4.79 Å². The number of aromatic nitrogens is 1. The summed E-state index contributed by atoms with van der Waals surface area (Å²) in [5, 5.41) is 0.923. The van der Waals surface area contributed by atoms with Crippen LogP contribution in [0, 0.1) is 6.92 Å². The SMILES string of the molecule is CCOc1cncc(C(=O)c2cc3cc(C)ccc3o2)c1. The van der Waals surface area contributed by atoms with Gasteiger partial charge >= 0.3 is 0 Å². The van der Waals surface area contributed by atoms with Gasteiger partial charge in [0, 0.05) is 17.1 Å². The third-order valence-corrected chi connectivity index (χ3v) is 3.18. The van der Waals surface area contributed by atoms with Crippen molar-refractivity contribution in [2.24, 2.45) is 0 Å². The Bertz CT molecular complexity index is 805. The first-order chi connectivity index (χ1) is 10.2. The molecule has 0 amide bonds. The standard InChI is InChI=1S/C17H15NO3/c1-3-20-14-7-13(9-18-10-14)17(19)16-8-12-6-11(2)4-5-15(12)21-16/h4-10H,3H2,1-2H3. The molecule has 4 heteroatoms. The molecular formula is C17H15NO3. The average Bonchev–Trinajstić information content (AvgIpc) is 2.90. The van der Waals surface area contributed by atoms with Gasteiger partial charge in [0.1, 0.15) is 11.3 Å². The van der Waals surface area contributed by atoms with Crippen LogP contribution in [0.2, 0.25) is 0 Å². The zero-order valence-electron chi connectivity index (χ0n) is 11.9. The molecule has 0 saturated heterocycles. The Labute approximate surface area is 122 Å². The van der Waals surface area contributed by atoms with Crippen LogP contribution in [0.5, 0.6) is 5.75 Å². The Balaban J connectivity index is 1.97. The molecule has 1 aromatic carbocycles. The van der Waals surface area contributed by atoms with Crippen LogP contribution in [-0.4, -0.2) is 17.4 Å². The molecular weight excluding hydrogens is 266 g/mol. The van der Waals surface area contributed by atoms with Crippen LogP contribution >= 0.6 is 0 Å². The van der Waals surface area contributed by atoms with Gasteiger partial charge < -0.3 is 9.15 Å². The molecule has 0 saturated carbocycles. The van der Waals surface area contributed by atoms with E-state index in [1.165, 1.54) is 6.20 Å². The molecule has 0 radical (unpaired) electrons. The molecule has 21 heavy (non-hydrogen) atoms. The topological polar surface area (TPSA) is 52.3 Å². The minimum absolute atomic E-state index is 0.196. The number of carbonyl (C=O) groups excluding carboxylic acids is 1. The first-order valence-corrected chi connectivity index (χ1v) is 6.80. The van der Waals surface area contributed by atoms with Gasteiger partial charge in [-0.25, -0.2) is 0 Å². The number of nitrogens with zero attached hydrogens (tertiary/aromatic N) is 1. The summed E-state index contributed by atoms with van der Waals surface area (Å²) in [6.45, 7) is 4.42. The molecule has 0 aliphatic heterocycles. The van der Waals surface area contributed by atoms with Gasteiger partial charge in [-0.1, -0.05) is 11.6 Å². The molecule has 3 aromatic rings. The monoisotopic (exact) mass is 281 g/mol. The summed E-state index contributed by atoms with van der Waals surface area (Å²) >= 11 is 0. The summed E-state index contributed by atoms with van der Waals surface area (Å²) in [6.07, 6.45) is 3.10. The Morgan fingerprint density at radius 2 is 2.10 bits per heavy atom. The minimum atomic E-state index is -0.196. The summed E-state index contributed by atoms with van der Waals surface area (Å²) in [7, 11) is 0. The molecule has 4 nitrogen and oxygen atoms in total. The highest BCUT2D eigenvalue weighted by Gasteiger charge is 2.15. The van der Waals surface area contributed by atoms with E-state index in [1.807, 2.05) is 32.0 Å². The lowest BCUT2D eigenvalue weighted by Crippen LogP contribution is -2.01. The van der Waals surface area contributed by atoms with Gasteiger partial charge in [-0.3, -0.25) is 9.78 Å². The van der Waals surface area contributed by atoms with Gasteiger partial charge in [0.15, 0.2) is 5.76 Å². The van der Waals surface area contributed by atoms with Crippen molar-refractivity contribution in [3.8, 4) is 5.75 Å². The minimum Gasteiger partial charge on any atom is -0.492 e. The van der Waals surface area contributed by atoms with E-state index in [0.29, 0.717) is 29.3 Å². The molecule has 0 aliphatic carbocycles. The summed E-state index contributed by atoms with van der Waals surface area (Å²) in [5.41, 5.74) is 2.29. The number of rotatable bonds is 4. The summed E-state index contributed by atoms with van der Waals surface area (Å²) in [6, 6.07) is 9.26. The Morgan fingerprint density at radius 3 is 2.90 bits per heavy atom. The Hall–Kier alpha value is -2.62. The molecule has 0 bridgehead atoms. The number of ether oxygens (including phenoxy) is 1. The molecule has 0 aliphatic rings. The van der Waals surface area contributed by atoms with Gasteiger partial charge in [0.25, 0.3) is 0 Å². The van der Waals surface area contributed by atoms with E-state index >= 15 is 0 Å². The Kier molecular flexibility index (Phi) is 3.44. The average molecular weight is 281 g/mol. The van der Waals surface area contributed by atoms with Crippen molar-refractivity contribution in [3.05, 3.63) is 59.6 Å². The predicted molar refractivity (Wildman–Crippen MR) is 79.8 cm³/mol. The van der Waals surface area contributed by atoms with Crippen molar-refractivity contribution in [2.75, 3.05) is 6.61 Å². The zero-order valence-corrected chi connectivity index (χ0v) is 11.9. The van der Waals surface area contributed by atoms with Crippen LogP contribution in [0.4, 0.5) is 0 Å². The van der Waals surface area contributed by atoms with Gasteiger partial charge in [-0.05, 0) is 38.1 Å². The van der Waals surface area contributed by atoms with Crippen molar-refractivity contribution in [3.63, 3.8) is 0 Å². The lowest BCUT2D eigenvalue weighted by atomic mass is 10.1. The second kappa shape index (κ2) is 5.40. The number of aryl methyl sites for hydroxylation is 1. The van der Waals surface area contributed by atoms with Crippen molar-refractivity contribution in [1.29, 1.82) is 0 Å². The van der Waals surface area contributed by atoms with Crippen LogP contribution in [-0.2, 0) is 0 Å². The van der Waals surface area contributed by atoms with Gasteiger partial charge in [0.2, 0.25) is 5.78 Å². The lowest BCUT2D eigenvalue weighted by molar-refractivity contribution is 0.101. The molecule has 0 unspecified atom stereocenters. The first kappa shape index (κ1) is 13.4. The second-order valence-electron chi connectivity index (χ2n) is 4.82. The van der Waals surface area contributed by atoms with Crippen LogP contribution in [0.1, 0.15) is 28.6 Å². The van der Waals surface area contributed by atoms with Crippen molar-refractivity contribution >= 4 is 16.8 Å². The smallest absolute Gasteiger partial charge is 0.229 e. The summed E-state index contributed by atoms with van der Waals surface area (Å²) in [4.78, 5) is 16.5. The number of carbonyl (C=O) groups is 1. The Morgan fingerprint density at radius 1 is 1.24 bits per heavy atom. The number of ketones is 1. The van der Waals surface area contributed by atoms with Crippen LogP contribution in [0.25, 0.3) is 11.0 Å². The summed E-state index contributed by atoms with van der Waals surface area (Å²) < 4.78 is 11.0. The molecule has 2 heterocycles. The third-order valence-electron chi connectivity index (χ3n) is 3.18. The molecule has 2 aromatic heterocycles. The third kappa shape index (κ3) is 2.65. The van der Waals surface area contributed by atoms with Gasteiger partial charge in [-0.2, -0.15) is 0 Å². The number of furan rings is 1. The molecule has 0 N–H and O–H groups in total. The van der Waals surface area contributed by atoms with Crippen LogP contribution in [0.3, 0.4) is 0 Å². The zero-order chi connectivity index (χ0) is 14.8. The maximum Gasteiger partial charge on any atom is 0.229 e. The van der Waals surface area contributed by atoms with E-state index < -0.39 is 0 Å². The van der Waals surface area contributed by atoms with E-state index in [2.05, 4.69) is 4.98 Å². The molecule has 3 rings (SSSR count). The largest absolute Gasteiger partial charge is 0.492 e. The number of pyridine rings is 1. The predicted octanol–water partition coefficient (Wildman–Crippen LogP) is 3.77. The number of benzene rings is 1. The van der Waals surface area contributed by atoms with Crippen LogP contribution in [0.15, 0.2) is 47.1 Å². The van der Waals surface area contributed by atoms with Crippen molar-refractivity contribution < 1.29 is 13.9 Å². The number of hydrogen-bond acceptors (Lipinski definition) is 4. The molecule has 0 spiro atoms. The van der Waals surface area contributed by atoms with Crippen molar-refractivity contribution in [1.82, 2.24) is 4.98 Å². The first-order valence-electron chi connectivity index (χ1n) is 6.80. The fraction of sp³-hybridized carbons (Fsp3) is 0.176.